The molecular weight excluding hydrogens is 356 g/mol. The minimum Gasteiger partial charge on any atom is -0.507 e. The van der Waals surface area contributed by atoms with Crippen LogP contribution in [0.4, 0.5) is 0 Å². The van der Waals surface area contributed by atoms with Crippen LogP contribution in [0.25, 0.3) is 0 Å². The quantitative estimate of drug-likeness (QED) is 0.642. The van der Waals surface area contributed by atoms with Crippen molar-refractivity contribution in [3.8, 4) is 5.75 Å². The number of carbonyl (C=O) groups is 2. The zero-order valence-corrected chi connectivity index (χ0v) is 16.0. The van der Waals surface area contributed by atoms with Gasteiger partial charge in [0, 0.05) is 35.8 Å². The maximum Gasteiger partial charge on any atom is 0.198 e. The van der Waals surface area contributed by atoms with E-state index in [1.807, 2.05) is 0 Å². The third-order valence-electron chi connectivity index (χ3n) is 5.02. The second kappa shape index (κ2) is 9.10. The van der Waals surface area contributed by atoms with Crippen LogP contribution >= 0.6 is 0 Å². The molecular formula is C22H26N2O4. The van der Waals surface area contributed by atoms with Gasteiger partial charge in [-0.2, -0.15) is 0 Å². The van der Waals surface area contributed by atoms with E-state index in [1.165, 1.54) is 6.07 Å². The van der Waals surface area contributed by atoms with Crippen molar-refractivity contribution in [2.24, 2.45) is 5.73 Å². The summed E-state index contributed by atoms with van der Waals surface area (Å²) >= 11 is 0. The molecule has 1 aliphatic carbocycles. The number of hydrogen-bond acceptors (Lipinski definition) is 6. The third-order valence-corrected chi connectivity index (χ3v) is 5.02. The molecule has 0 saturated carbocycles. The highest BCUT2D eigenvalue weighted by molar-refractivity contribution is 6.29. The molecule has 0 spiro atoms. The van der Waals surface area contributed by atoms with Gasteiger partial charge in [0.2, 0.25) is 0 Å². The monoisotopic (exact) mass is 382 g/mol. The Hall–Kier alpha value is -2.54. The van der Waals surface area contributed by atoms with Crippen LogP contribution in [0, 0.1) is 0 Å². The topological polar surface area (TPSA) is 102 Å². The zero-order chi connectivity index (χ0) is 20.1. The van der Waals surface area contributed by atoms with E-state index in [-0.39, 0.29) is 28.4 Å². The van der Waals surface area contributed by atoms with E-state index in [2.05, 4.69) is 12.2 Å². The normalized spacial score (nSPS) is 19.1. The summed E-state index contributed by atoms with van der Waals surface area (Å²) in [5.41, 5.74) is 6.93. The van der Waals surface area contributed by atoms with Crippen LogP contribution in [-0.2, 0) is 4.74 Å². The summed E-state index contributed by atoms with van der Waals surface area (Å²) in [5, 5.41) is 13.0. The zero-order valence-electron chi connectivity index (χ0n) is 16.0. The van der Waals surface area contributed by atoms with Gasteiger partial charge in [0.25, 0.3) is 0 Å². The number of phenols is 1. The van der Waals surface area contributed by atoms with Crippen molar-refractivity contribution in [2.45, 2.75) is 31.9 Å². The second-order valence-corrected chi connectivity index (χ2v) is 7.00. The van der Waals surface area contributed by atoms with E-state index < -0.39 is 0 Å². The minimum absolute atomic E-state index is 0.108. The van der Waals surface area contributed by atoms with E-state index in [1.54, 1.807) is 36.4 Å². The summed E-state index contributed by atoms with van der Waals surface area (Å²) < 4.78 is 5.51. The predicted octanol–water partition coefficient (Wildman–Crippen LogP) is 2.27. The first kappa shape index (κ1) is 20.2. The Labute approximate surface area is 164 Å². The molecule has 0 aromatic heterocycles. The molecule has 1 aliphatic heterocycles. The average Bonchev–Trinajstić information content (AvgIpc) is 2.73. The number of phenolic OH excluding ortho intramolecular Hbond substituents is 1. The number of ether oxygens (including phenoxy) is 1. The maximum atomic E-state index is 12.2. The highest BCUT2D eigenvalue weighted by Gasteiger charge is 2.31. The van der Waals surface area contributed by atoms with Crippen molar-refractivity contribution in [2.75, 3.05) is 19.7 Å². The van der Waals surface area contributed by atoms with Gasteiger partial charge in [-0.05, 0) is 18.9 Å². The summed E-state index contributed by atoms with van der Waals surface area (Å²) in [6, 6.07) is 11.5. The standard InChI is InChI=1S/C14H8O3.C8H18N2O/c15-11-7-3-6-10-12(11)14(17)9-5-2-1-4-8(9)13(10)16;1-2-7(9)5-8-6-10-3-4-11-8/h1-7,15H;7-8,10H,2-6,9H2,1H3. The van der Waals surface area contributed by atoms with Crippen LogP contribution < -0.4 is 11.1 Å². The Morgan fingerprint density at radius 1 is 1.11 bits per heavy atom. The molecule has 4 N–H and O–H groups in total. The number of carbonyl (C=O) groups excluding carboxylic acids is 2. The fourth-order valence-electron chi connectivity index (χ4n) is 3.40. The number of nitrogens with two attached hydrogens (primary N) is 1. The number of morpholine rings is 1. The lowest BCUT2D eigenvalue weighted by atomic mass is 9.84. The molecule has 4 rings (SSSR count). The van der Waals surface area contributed by atoms with Crippen LogP contribution in [0.1, 0.15) is 51.6 Å². The summed E-state index contributed by atoms with van der Waals surface area (Å²) in [6.07, 6.45) is 2.38. The first-order valence-corrected chi connectivity index (χ1v) is 9.61. The van der Waals surface area contributed by atoms with E-state index in [9.17, 15) is 14.7 Å². The molecule has 6 nitrogen and oxygen atoms in total. The molecule has 148 valence electrons. The lowest BCUT2D eigenvalue weighted by Crippen LogP contribution is -2.41. The third kappa shape index (κ3) is 4.30. The average molecular weight is 382 g/mol. The van der Waals surface area contributed by atoms with Crippen molar-refractivity contribution < 1.29 is 19.4 Å². The van der Waals surface area contributed by atoms with Gasteiger partial charge in [0.05, 0.1) is 18.3 Å². The van der Waals surface area contributed by atoms with Gasteiger partial charge in [-0.1, -0.05) is 43.3 Å². The molecule has 2 aliphatic rings. The fourth-order valence-corrected chi connectivity index (χ4v) is 3.40. The van der Waals surface area contributed by atoms with Crippen LogP contribution in [0.3, 0.4) is 0 Å². The number of hydrogen-bond donors (Lipinski definition) is 3. The Balaban J connectivity index is 0.000000178. The van der Waals surface area contributed by atoms with Crippen molar-refractivity contribution >= 4 is 11.6 Å². The molecule has 1 heterocycles. The second-order valence-electron chi connectivity index (χ2n) is 7.00. The summed E-state index contributed by atoms with van der Waals surface area (Å²) in [5.74, 6) is -0.658. The van der Waals surface area contributed by atoms with Gasteiger partial charge >= 0.3 is 0 Å². The summed E-state index contributed by atoms with van der Waals surface area (Å²) in [6.45, 7) is 4.90. The SMILES string of the molecule is CCC(N)CC1CNCCO1.O=C1c2ccccc2C(=O)c2c(O)cccc21. The lowest BCUT2D eigenvalue weighted by Gasteiger charge is -2.25. The maximum absolute atomic E-state index is 12.2. The summed E-state index contributed by atoms with van der Waals surface area (Å²) in [4.78, 5) is 24.3. The van der Waals surface area contributed by atoms with Crippen molar-refractivity contribution in [3.63, 3.8) is 0 Å². The molecule has 2 atom stereocenters. The van der Waals surface area contributed by atoms with E-state index >= 15 is 0 Å². The molecule has 28 heavy (non-hydrogen) atoms. The van der Waals surface area contributed by atoms with Gasteiger partial charge in [0.1, 0.15) is 5.75 Å². The van der Waals surface area contributed by atoms with Crippen LogP contribution in [0.2, 0.25) is 0 Å². The lowest BCUT2D eigenvalue weighted by molar-refractivity contribution is 0.0194. The Morgan fingerprint density at radius 2 is 1.79 bits per heavy atom. The highest BCUT2D eigenvalue weighted by atomic mass is 16.5. The Kier molecular flexibility index (Phi) is 6.57. The number of rotatable bonds is 3. The Morgan fingerprint density at radius 3 is 2.43 bits per heavy atom. The number of ketones is 2. The van der Waals surface area contributed by atoms with E-state index in [4.69, 9.17) is 10.5 Å². The molecule has 0 radical (unpaired) electrons. The van der Waals surface area contributed by atoms with Crippen LogP contribution in [0.5, 0.6) is 5.75 Å². The van der Waals surface area contributed by atoms with E-state index in [0.29, 0.717) is 23.3 Å². The highest BCUT2D eigenvalue weighted by Crippen LogP contribution is 2.32. The van der Waals surface area contributed by atoms with Crippen molar-refractivity contribution in [3.05, 3.63) is 64.7 Å². The number of fused-ring (bicyclic) bond motifs is 2. The molecule has 0 amide bonds. The molecule has 2 unspecified atom stereocenters. The Bertz CT molecular complexity index is 859. The van der Waals surface area contributed by atoms with Crippen LogP contribution in [0.15, 0.2) is 42.5 Å². The van der Waals surface area contributed by atoms with Crippen molar-refractivity contribution in [1.82, 2.24) is 5.32 Å². The van der Waals surface area contributed by atoms with Crippen molar-refractivity contribution in [1.29, 1.82) is 0 Å². The molecule has 0 bridgehead atoms. The predicted molar refractivity (Wildman–Crippen MR) is 107 cm³/mol. The summed E-state index contributed by atoms with van der Waals surface area (Å²) in [7, 11) is 0. The van der Waals surface area contributed by atoms with Gasteiger partial charge in [-0.25, -0.2) is 0 Å². The molecule has 1 fully saturated rings. The molecule has 2 aromatic carbocycles. The molecule has 6 heteroatoms. The smallest absolute Gasteiger partial charge is 0.198 e. The van der Waals surface area contributed by atoms with E-state index in [0.717, 1.165) is 32.5 Å². The number of nitrogens with one attached hydrogen (secondary N) is 1. The fraction of sp³-hybridized carbons (Fsp3) is 0.364. The number of aromatic hydroxyl groups is 1. The van der Waals surface area contributed by atoms with Gasteiger partial charge < -0.3 is 20.9 Å². The first-order chi connectivity index (χ1) is 13.5. The molecule has 2 aromatic rings. The van der Waals surface area contributed by atoms with Crippen LogP contribution in [-0.4, -0.2) is 48.5 Å². The number of benzene rings is 2. The largest absolute Gasteiger partial charge is 0.507 e. The molecule has 1 saturated heterocycles. The van der Waals surface area contributed by atoms with Gasteiger partial charge in [0.15, 0.2) is 11.6 Å². The van der Waals surface area contributed by atoms with Gasteiger partial charge in [-0.3, -0.25) is 9.59 Å². The first-order valence-electron chi connectivity index (χ1n) is 9.61. The van der Waals surface area contributed by atoms with Gasteiger partial charge in [-0.15, -0.1) is 0 Å². The minimum atomic E-state index is -0.298.